The Morgan fingerprint density at radius 1 is 1.03 bits per heavy atom. The number of hydrogen-bond acceptors (Lipinski definition) is 7. The number of carbonyl (C=O) groups is 1. The predicted octanol–water partition coefficient (Wildman–Crippen LogP) is 4.45. The highest BCUT2D eigenvalue weighted by molar-refractivity contribution is 6.06. The van der Waals surface area contributed by atoms with E-state index in [-0.39, 0.29) is 17.9 Å². The highest BCUT2D eigenvalue weighted by atomic mass is 16.5. The summed E-state index contributed by atoms with van der Waals surface area (Å²) in [6.07, 6.45) is 5.04. The number of fused-ring (bicyclic) bond motifs is 1. The average Bonchev–Trinajstić information content (AvgIpc) is 2.86. The lowest BCUT2D eigenvalue weighted by Gasteiger charge is -2.16. The molecule has 8 nitrogen and oxygen atoms in total. The van der Waals surface area contributed by atoms with Crippen LogP contribution in [-0.4, -0.2) is 45.5 Å². The molecule has 2 N–H and O–H groups in total. The van der Waals surface area contributed by atoms with E-state index in [2.05, 4.69) is 37.5 Å². The van der Waals surface area contributed by atoms with Crippen LogP contribution in [0.4, 0.5) is 5.82 Å². The summed E-state index contributed by atoms with van der Waals surface area (Å²) >= 11 is 0. The molecule has 0 spiro atoms. The second-order valence-corrected chi connectivity index (χ2v) is 8.30. The SMILES string of the molecule is CNC(=O)c1ccnc2c([C@H](C)CNc3cc(-c4ccc(OC(C)C)nc4)ncn3)cccc12. The number of benzene rings is 1. The van der Waals surface area contributed by atoms with Gasteiger partial charge in [-0.25, -0.2) is 15.0 Å². The quantitative estimate of drug-likeness (QED) is 0.404. The van der Waals surface area contributed by atoms with Crippen molar-refractivity contribution < 1.29 is 9.53 Å². The lowest BCUT2D eigenvalue weighted by Crippen LogP contribution is -2.18. The van der Waals surface area contributed by atoms with Crippen molar-refractivity contribution in [2.75, 3.05) is 18.9 Å². The molecule has 8 heteroatoms. The van der Waals surface area contributed by atoms with E-state index in [1.165, 1.54) is 6.33 Å². The summed E-state index contributed by atoms with van der Waals surface area (Å²) in [5, 5.41) is 6.94. The molecule has 0 aliphatic rings. The number of carbonyl (C=O) groups excluding carboxylic acids is 1. The summed E-state index contributed by atoms with van der Waals surface area (Å²) in [7, 11) is 1.63. The highest BCUT2D eigenvalue weighted by Gasteiger charge is 2.15. The van der Waals surface area contributed by atoms with Gasteiger partial charge in [0.25, 0.3) is 5.91 Å². The maximum absolute atomic E-state index is 12.3. The summed E-state index contributed by atoms with van der Waals surface area (Å²) in [5.74, 6) is 1.31. The third-order valence-electron chi connectivity index (χ3n) is 5.45. The van der Waals surface area contributed by atoms with Crippen molar-refractivity contribution in [3.63, 3.8) is 0 Å². The van der Waals surface area contributed by atoms with E-state index >= 15 is 0 Å². The lowest BCUT2D eigenvalue weighted by molar-refractivity contribution is 0.0964. The molecule has 1 amide bonds. The van der Waals surface area contributed by atoms with Crippen molar-refractivity contribution in [1.82, 2.24) is 25.3 Å². The van der Waals surface area contributed by atoms with Crippen LogP contribution in [0.2, 0.25) is 0 Å². The first-order valence-electron chi connectivity index (χ1n) is 11.2. The zero-order chi connectivity index (χ0) is 24.1. The molecule has 0 bridgehead atoms. The van der Waals surface area contributed by atoms with Crippen LogP contribution < -0.4 is 15.4 Å². The number of pyridine rings is 2. The molecule has 0 radical (unpaired) electrons. The molecule has 0 saturated heterocycles. The van der Waals surface area contributed by atoms with Crippen LogP contribution in [0.15, 0.2) is 61.2 Å². The first-order chi connectivity index (χ1) is 16.5. The van der Waals surface area contributed by atoms with Gasteiger partial charge in [0.15, 0.2) is 0 Å². The Hall–Kier alpha value is -4.07. The number of para-hydroxylation sites is 1. The molecule has 3 aromatic heterocycles. The fourth-order valence-corrected chi connectivity index (χ4v) is 3.75. The van der Waals surface area contributed by atoms with Gasteiger partial charge in [-0.05, 0) is 31.5 Å². The minimum Gasteiger partial charge on any atom is -0.475 e. The molecule has 174 valence electrons. The van der Waals surface area contributed by atoms with Crippen LogP contribution in [-0.2, 0) is 0 Å². The second kappa shape index (κ2) is 10.2. The molecule has 34 heavy (non-hydrogen) atoms. The Balaban J connectivity index is 1.50. The maximum Gasteiger partial charge on any atom is 0.251 e. The van der Waals surface area contributed by atoms with Gasteiger partial charge < -0.3 is 15.4 Å². The van der Waals surface area contributed by atoms with Crippen molar-refractivity contribution in [2.45, 2.75) is 32.8 Å². The number of hydrogen-bond donors (Lipinski definition) is 2. The zero-order valence-corrected chi connectivity index (χ0v) is 19.7. The van der Waals surface area contributed by atoms with Gasteiger partial charge in [0.2, 0.25) is 5.88 Å². The van der Waals surface area contributed by atoms with Crippen LogP contribution in [0.25, 0.3) is 22.2 Å². The zero-order valence-electron chi connectivity index (χ0n) is 19.7. The highest BCUT2D eigenvalue weighted by Crippen LogP contribution is 2.27. The molecule has 4 aromatic rings. The summed E-state index contributed by atoms with van der Waals surface area (Å²) in [6, 6.07) is 13.4. The van der Waals surface area contributed by atoms with E-state index in [9.17, 15) is 4.79 Å². The minimum absolute atomic E-state index is 0.0718. The first kappa shape index (κ1) is 23.1. The fourth-order valence-electron chi connectivity index (χ4n) is 3.75. The number of nitrogens with zero attached hydrogens (tertiary/aromatic N) is 4. The predicted molar refractivity (Wildman–Crippen MR) is 133 cm³/mol. The number of nitrogens with one attached hydrogen (secondary N) is 2. The molecule has 1 atom stereocenters. The number of anilines is 1. The van der Waals surface area contributed by atoms with Gasteiger partial charge in [0.05, 0.1) is 22.9 Å². The Morgan fingerprint density at radius 2 is 1.88 bits per heavy atom. The summed E-state index contributed by atoms with van der Waals surface area (Å²) in [4.78, 5) is 29.9. The number of rotatable bonds is 8. The van der Waals surface area contributed by atoms with Gasteiger partial charge in [-0.2, -0.15) is 0 Å². The molecule has 0 aliphatic heterocycles. The molecule has 0 unspecified atom stereocenters. The monoisotopic (exact) mass is 456 g/mol. The third kappa shape index (κ3) is 5.11. The van der Waals surface area contributed by atoms with E-state index in [1.807, 2.05) is 50.2 Å². The van der Waals surface area contributed by atoms with Crippen LogP contribution in [0.3, 0.4) is 0 Å². The Labute approximate surface area is 198 Å². The first-order valence-corrected chi connectivity index (χ1v) is 11.2. The largest absolute Gasteiger partial charge is 0.475 e. The standard InChI is InChI=1S/C26H28N6O2/c1-16(2)34-24-9-8-18(14-30-24)22-12-23(32-15-31-22)29-13-17(3)19-6-5-7-20-21(26(33)27-4)10-11-28-25(19)20/h5-12,14-17H,13H2,1-4H3,(H,27,33)(H,29,31,32)/t17-/m1/s1. The third-order valence-corrected chi connectivity index (χ3v) is 5.45. The topological polar surface area (TPSA) is 102 Å². The van der Waals surface area contributed by atoms with Gasteiger partial charge in [-0.3, -0.25) is 9.78 Å². The molecule has 4 rings (SSSR count). The molecule has 1 aromatic carbocycles. The van der Waals surface area contributed by atoms with Gasteiger partial charge in [0, 0.05) is 55.0 Å². The fraction of sp³-hybridized carbons (Fsp3) is 0.269. The Morgan fingerprint density at radius 3 is 2.62 bits per heavy atom. The van der Waals surface area contributed by atoms with Gasteiger partial charge in [-0.1, -0.05) is 25.1 Å². The summed E-state index contributed by atoms with van der Waals surface area (Å²) in [6.45, 7) is 6.69. The van der Waals surface area contributed by atoms with Crippen molar-refractivity contribution in [2.24, 2.45) is 0 Å². The van der Waals surface area contributed by atoms with Gasteiger partial charge in [0.1, 0.15) is 12.1 Å². The van der Waals surface area contributed by atoms with Crippen LogP contribution in [0.1, 0.15) is 42.6 Å². The molecular weight excluding hydrogens is 428 g/mol. The number of ether oxygens (including phenoxy) is 1. The van der Waals surface area contributed by atoms with Gasteiger partial charge >= 0.3 is 0 Å². The lowest BCUT2D eigenvalue weighted by atomic mass is 9.96. The molecular formula is C26H28N6O2. The Bertz CT molecular complexity index is 1290. The van der Waals surface area contributed by atoms with Crippen molar-refractivity contribution in [3.05, 3.63) is 72.3 Å². The van der Waals surface area contributed by atoms with E-state index in [4.69, 9.17) is 4.74 Å². The molecule has 0 saturated carbocycles. The van der Waals surface area contributed by atoms with Crippen LogP contribution in [0, 0.1) is 0 Å². The summed E-state index contributed by atoms with van der Waals surface area (Å²) < 4.78 is 5.61. The maximum atomic E-state index is 12.3. The number of aromatic nitrogens is 4. The Kier molecular flexibility index (Phi) is 6.96. The molecule has 3 heterocycles. The van der Waals surface area contributed by atoms with E-state index in [0.29, 0.717) is 18.0 Å². The van der Waals surface area contributed by atoms with Crippen LogP contribution >= 0.6 is 0 Å². The van der Waals surface area contributed by atoms with E-state index < -0.39 is 0 Å². The second-order valence-electron chi connectivity index (χ2n) is 8.30. The van der Waals surface area contributed by atoms with Crippen molar-refractivity contribution >= 4 is 22.6 Å². The minimum atomic E-state index is -0.123. The van der Waals surface area contributed by atoms with Crippen molar-refractivity contribution in [1.29, 1.82) is 0 Å². The normalized spacial score (nSPS) is 11.9. The van der Waals surface area contributed by atoms with Gasteiger partial charge in [-0.15, -0.1) is 0 Å². The molecule has 0 fully saturated rings. The van der Waals surface area contributed by atoms with Crippen molar-refractivity contribution in [3.8, 4) is 17.1 Å². The summed E-state index contributed by atoms with van der Waals surface area (Å²) in [5.41, 5.74) is 4.17. The van der Waals surface area contributed by atoms with E-state index in [0.717, 1.165) is 33.5 Å². The smallest absolute Gasteiger partial charge is 0.251 e. The van der Waals surface area contributed by atoms with Crippen LogP contribution in [0.5, 0.6) is 5.88 Å². The average molecular weight is 457 g/mol. The molecule has 0 aliphatic carbocycles. The van der Waals surface area contributed by atoms with E-state index in [1.54, 1.807) is 25.5 Å². The number of amides is 1.